The minimum Gasteiger partial charge on any atom is -0.459 e. The largest absolute Gasteiger partial charge is 0.459 e. The molecule has 0 radical (unpaired) electrons. The fraction of sp³-hybridized carbons (Fsp3) is 0.211. The second kappa shape index (κ2) is 7.45. The van der Waals surface area contributed by atoms with Gasteiger partial charge in [-0.15, -0.1) is 0 Å². The lowest BCUT2D eigenvalue weighted by molar-refractivity contribution is 0.0714. The van der Waals surface area contributed by atoms with Crippen molar-refractivity contribution in [3.05, 3.63) is 66.5 Å². The Morgan fingerprint density at radius 3 is 2.70 bits per heavy atom. The number of aromatic nitrogens is 2. The molecule has 1 N–H and O–H groups in total. The third-order valence-electron chi connectivity index (χ3n) is 4.34. The van der Waals surface area contributed by atoms with Crippen LogP contribution in [0.5, 0.6) is 0 Å². The number of anilines is 3. The number of amides is 1. The SMILES string of the molecule is O=C(c1ccco1)N1CCN(c2ccnc(Nc3cccc(F)c3)n2)CC1. The van der Waals surface area contributed by atoms with E-state index in [4.69, 9.17) is 4.42 Å². The maximum absolute atomic E-state index is 13.3. The molecule has 1 saturated heterocycles. The second-order valence-electron chi connectivity index (χ2n) is 6.13. The van der Waals surface area contributed by atoms with Crippen molar-refractivity contribution in [3.63, 3.8) is 0 Å². The maximum Gasteiger partial charge on any atom is 0.289 e. The van der Waals surface area contributed by atoms with E-state index in [-0.39, 0.29) is 11.7 Å². The third kappa shape index (κ3) is 3.89. The molecule has 7 nitrogen and oxygen atoms in total. The molecule has 3 aromatic rings. The minimum absolute atomic E-state index is 0.101. The Kier molecular flexibility index (Phi) is 4.69. The number of furan rings is 1. The van der Waals surface area contributed by atoms with E-state index in [9.17, 15) is 9.18 Å². The number of piperazine rings is 1. The molecule has 0 unspecified atom stereocenters. The Bertz CT molecular complexity index is 923. The van der Waals surface area contributed by atoms with Gasteiger partial charge in [0, 0.05) is 38.1 Å². The van der Waals surface area contributed by atoms with Crippen molar-refractivity contribution < 1.29 is 13.6 Å². The highest BCUT2D eigenvalue weighted by Crippen LogP contribution is 2.19. The minimum atomic E-state index is -0.325. The average molecular weight is 367 g/mol. The first-order valence-electron chi connectivity index (χ1n) is 8.62. The molecule has 8 heteroatoms. The fourth-order valence-electron chi connectivity index (χ4n) is 2.98. The second-order valence-corrected chi connectivity index (χ2v) is 6.13. The van der Waals surface area contributed by atoms with Gasteiger partial charge in [-0.1, -0.05) is 6.07 Å². The van der Waals surface area contributed by atoms with E-state index in [1.165, 1.54) is 18.4 Å². The molecule has 1 amide bonds. The molecule has 1 fully saturated rings. The highest BCUT2D eigenvalue weighted by Gasteiger charge is 2.24. The van der Waals surface area contributed by atoms with Gasteiger partial charge in [-0.3, -0.25) is 4.79 Å². The van der Waals surface area contributed by atoms with Crippen molar-refractivity contribution in [1.82, 2.24) is 14.9 Å². The van der Waals surface area contributed by atoms with Crippen LogP contribution in [0.1, 0.15) is 10.6 Å². The lowest BCUT2D eigenvalue weighted by Crippen LogP contribution is -2.49. The topological polar surface area (TPSA) is 74.5 Å². The predicted molar refractivity (Wildman–Crippen MR) is 98.5 cm³/mol. The van der Waals surface area contributed by atoms with Crippen molar-refractivity contribution >= 4 is 23.4 Å². The fourth-order valence-corrected chi connectivity index (χ4v) is 2.98. The molecule has 0 saturated carbocycles. The maximum atomic E-state index is 13.3. The van der Waals surface area contributed by atoms with Crippen LogP contribution in [0.15, 0.2) is 59.3 Å². The molecule has 1 aliphatic rings. The van der Waals surface area contributed by atoms with Crippen LogP contribution in [-0.2, 0) is 0 Å². The number of hydrogen-bond donors (Lipinski definition) is 1. The van der Waals surface area contributed by atoms with Crippen LogP contribution in [0.4, 0.5) is 21.8 Å². The molecule has 1 aliphatic heterocycles. The lowest BCUT2D eigenvalue weighted by Gasteiger charge is -2.35. The summed E-state index contributed by atoms with van der Waals surface area (Å²) in [7, 11) is 0. The van der Waals surface area contributed by atoms with Gasteiger partial charge in [-0.2, -0.15) is 4.98 Å². The van der Waals surface area contributed by atoms with Gasteiger partial charge in [0.05, 0.1) is 6.26 Å². The first-order valence-corrected chi connectivity index (χ1v) is 8.62. The van der Waals surface area contributed by atoms with Crippen LogP contribution >= 0.6 is 0 Å². The normalized spacial score (nSPS) is 14.3. The molecular weight excluding hydrogens is 349 g/mol. The Morgan fingerprint density at radius 2 is 1.96 bits per heavy atom. The molecule has 0 atom stereocenters. The summed E-state index contributed by atoms with van der Waals surface area (Å²) in [5, 5.41) is 3.00. The summed E-state index contributed by atoms with van der Waals surface area (Å²) in [4.78, 5) is 24.9. The summed E-state index contributed by atoms with van der Waals surface area (Å²) in [6.45, 7) is 2.47. The number of carbonyl (C=O) groups is 1. The van der Waals surface area contributed by atoms with Gasteiger partial charge in [-0.05, 0) is 36.4 Å². The summed E-state index contributed by atoms with van der Waals surface area (Å²) in [5.41, 5.74) is 0.584. The van der Waals surface area contributed by atoms with Crippen LogP contribution < -0.4 is 10.2 Å². The van der Waals surface area contributed by atoms with Crippen molar-refractivity contribution in [2.24, 2.45) is 0 Å². The zero-order chi connectivity index (χ0) is 18.6. The van der Waals surface area contributed by atoms with Gasteiger partial charge in [-0.25, -0.2) is 9.37 Å². The number of carbonyl (C=O) groups excluding carboxylic acids is 1. The Labute approximate surface area is 155 Å². The van der Waals surface area contributed by atoms with Crippen molar-refractivity contribution in [2.45, 2.75) is 0 Å². The van der Waals surface area contributed by atoms with E-state index in [0.29, 0.717) is 43.6 Å². The molecule has 3 heterocycles. The molecule has 4 rings (SSSR count). The number of nitrogens with one attached hydrogen (secondary N) is 1. The summed E-state index contributed by atoms with van der Waals surface area (Å²) in [6, 6.07) is 11.3. The van der Waals surface area contributed by atoms with Crippen molar-refractivity contribution in [2.75, 3.05) is 36.4 Å². The van der Waals surface area contributed by atoms with Crippen LogP contribution in [0.2, 0.25) is 0 Å². The highest BCUT2D eigenvalue weighted by atomic mass is 19.1. The standard InChI is InChI=1S/C19H18FN5O2/c20-14-3-1-4-15(13-14)22-19-21-7-6-17(23-19)24-8-10-25(11-9-24)18(26)16-5-2-12-27-16/h1-7,12-13H,8-11H2,(H,21,22,23). The number of benzene rings is 1. The van der Waals surface area contributed by atoms with Gasteiger partial charge in [0.1, 0.15) is 11.6 Å². The molecule has 2 aromatic heterocycles. The summed E-state index contributed by atoms with van der Waals surface area (Å²) < 4.78 is 18.5. The van der Waals surface area contributed by atoms with Gasteiger partial charge in [0.2, 0.25) is 5.95 Å². The third-order valence-corrected chi connectivity index (χ3v) is 4.34. The highest BCUT2D eigenvalue weighted by molar-refractivity contribution is 5.91. The molecule has 0 aliphatic carbocycles. The van der Waals surface area contributed by atoms with E-state index in [2.05, 4.69) is 20.2 Å². The van der Waals surface area contributed by atoms with Crippen LogP contribution in [-0.4, -0.2) is 47.0 Å². The lowest BCUT2D eigenvalue weighted by atomic mass is 10.3. The number of hydrogen-bond acceptors (Lipinski definition) is 6. The summed E-state index contributed by atoms with van der Waals surface area (Å²) >= 11 is 0. The average Bonchev–Trinajstić information content (AvgIpc) is 3.23. The molecule has 138 valence electrons. The molecule has 1 aromatic carbocycles. The smallest absolute Gasteiger partial charge is 0.289 e. The van der Waals surface area contributed by atoms with Gasteiger partial charge < -0.3 is 19.5 Å². The molecule has 0 bridgehead atoms. The van der Waals surface area contributed by atoms with Gasteiger partial charge in [0.25, 0.3) is 5.91 Å². The number of nitrogens with zero attached hydrogens (tertiary/aromatic N) is 4. The number of rotatable bonds is 4. The van der Waals surface area contributed by atoms with Crippen LogP contribution in [0.3, 0.4) is 0 Å². The van der Waals surface area contributed by atoms with E-state index in [1.807, 2.05) is 6.07 Å². The van der Waals surface area contributed by atoms with Crippen molar-refractivity contribution in [3.8, 4) is 0 Å². The monoisotopic (exact) mass is 367 g/mol. The molecular formula is C19H18FN5O2. The Morgan fingerprint density at radius 1 is 1.11 bits per heavy atom. The Balaban J connectivity index is 1.40. The predicted octanol–water partition coefficient (Wildman–Crippen LogP) is 2.91. The zero-order valence-electron chi connectivity index (χ0n) is 14.5. The zero-order valence-corrected chi connectivity index (χ0v) is 14.5. The van der Waals surface area contributed by atoms with E-state index < -0.39 is 0 Å². The van der Waals surface area contributed by atoms with Crippen LogP contribution in [0.25, 0.3) is 0 Å². The molecule has 0 spiro atoms. The van der Waals surface area contributed by atoms with Crippen LogP contribution in [0, 0.1) is 5.82 Å². The Hall–Kier alpha value is -3.42. The van der Waals surface area contributed by atoms with Gasteiger partial charge in [0.15, 0.2) is 5.76 Å². The number of halogens is 1. The quantitative estimate of drug-likeness (QED) is 0.764. The summed E-state index contributed by atoms with van der Waals surface area (Å²) in [5.74, 6) is 1.08. The first kappa shape index (κ1) is 17.0. The first-order chi connectivity index (χ1) is 13.2. The summed E-state index contributed by atoms with van der Waals surface area (Å²) in [6.07, 6.45) is 3.15. The van der Waals surface area contributed by atoms with E-state index >= 15 is 0 Å². The van der Waals surface area contributed by atoms with E-state index in [1.54, 1.807) is 35.4 Å². The van der Waals surface area contributed by atoms with Crippen molar-refractivity contribution in [1.29, 1.82) is 0 Å². The molecule has 27 heavy (non-hydrogen) atoms. The van der Waals surface area contributed by atoms with E-state index in [0.717, 1.165) is 5.82 Å². The van der Waals surface area contributed by atoms with Gasteiger partial charge >= 0.3 is 0 Å².